The quantitative estimate of drug-likeness (QED) is 0.671. The molecule has 0 aliphatic heterocycles. The molecule has 1 heterocycles. The summed E-state index contributed by atoms with van der Waals surface area (Å²) in [6.45, 7) is 0. The molecule has 2 nitrogen and oxygen atoms in total. The summed E-state index contributed by atoms with van der Waals surface area (Å²) in [6.07, 6.45) is 0.902. The first-order valence-electron chi connectivity index (χ1n) is 5.04. The van der Waals surface area contributed by atoms with Crippen molar-refractivity contribution < 1.29 is 0 Å². The topological polar surface area (TPSA) is 38.0 Å². The van der Waals surface area contributed by atoms with Crippen LogP contribution in [0.2, 0.25) is 0 Å². The molecule has 1 unspecified atom stereocenters. The third kappa shape index (κ3) is 2.71. The van der Waals surface area contributed by atoms with E-state index in [0.717, 1.165) is 10.9 Å². The number of hydrogen-bond acceptors (Lipinski definition) is 3. The second-order valence-corrected chi connectivity index (χ2v) is 5.38. The summed E-state index contributed by atoms with van der Waals surface area (Å²) in [5, 5.41) is 2.08. The summed E-state index contributed by atoms with van der Waals surface area (Å²) in [4.78, 5) is 1.31. The second-order valence-electron chi connectivity index (χ2n) is 3.53. The average molecular weight is 297 g/mol. The molecule has 0 saturated carbocycles. The van der Waals surface area contributed by atoms with Crippen LogP contribution in [0.5, 0.6) is 0 Å². The highest BCUT2D eigenvalue weighted by Gasteiger charge is 2.12. The molecule has 84 valence electrons. The number of benzene rings is 1. The second kappa shape index (κ2) is 5.59. The van der Waals surface area contributed by atoms with Gasteiger partial charge in [0.05, 0.1) is 6.04 Å². The highest BCUT2D eigenvalue weighted by molar-refractivity contribution is 9.10. The molecule has 2 aromatic rings. The van der Waals surface area contributed by atoms with Gasteiger partial charge in [-0.3, -0.25) is 11.3 Å². The van der Waals surface area contributed by atoms with Gasteiger partial charge in [-0.2, -0.15) is 0 Å². The van der Waals surface area contributed by atoms with E-state index in [4.69, 9.17) is 5.84 Å². The Balaban J connectivity index is 2.16. The molecule has 0 radical (unpaired) electrons. The molecule has 1 aromatic carbocycles. The minimum absolute atomic E-state index is 0.163. The van der Waals surface area contributed by atoms with Gasteiger partial charge in [-0.1, -0.05) is 30.3 Å². The fraction of sp³-hybridized carbons (Fsp3) is 0.167. The Kier molecular flexibility index (Phi) is 4.12. The minimum atomic E-state index is 0.163. The molecule has 0 aliphatic rings. The zero-order chi connectivity index (χ0) is 11.4. The highest BCUT2D eigenvalue weighted by Crippen LogP contribution is 2.27. The van der Waals surface area contributed by atoms with E-state index >= 15 is 0 Å². The van der Waals surface area contributed by atoms with Gasteiger partial charge in [-0.05, 0) is 32.9 Å². The van der Waals surface area contributed by atoms with E-state index in [0.29, 0.717) is 0 Å². The van der Waals surface area contributed by atoms with Crippen LogP contribution in [0.4, 0.5) is 0 Å². The van der Waals surface area contributed by atoms with E-state index in [-0.39, 0.29) is 6.04 Å². The van der Waals surface area contributed by atoms with Crippen molar-refractivity contribution in [1.82, 2.24) is 5.43 Å². The van der Waals surface area contributed by atoms with Crippen LogP contribution < -0.4 is 11.3 Å². The molecular formula is C12H13BrN2S. The molecule has 0 saturated heterocycles. The van der Waals surface area contributed by atoms with E-state index < -0.39 is 0 Å². The molecule has 0 bridgehead atoms. The molecule has 2 rings (SSSR count). The van der Waals surface area contributed by atoms with Crippen LogP contribution in [0.15, 0.2) is 46.3 Å². The zero-order valence-electron chi connectivity index (χ0n) is 8.69. The summed E-state index contributed by atoms with van der Waals surface area (Å²) in [5.74, 6) is 5.61. The lowest BCUT2D eigenvalue weighted by atomic mass is 10.0. The molecule has 16 heavy (non-hydrogen) atoms. The van der Waals surface area contributed by atoms with Crippen LogP contribution in [0, 0.1) is 0 Å². The van der Waals surface area contributed by atoms with E-state index in [1.165, 1.54) is 10.4 Å². The first-order valence-corrected chi connectivity index (χ1v) is 6.71. The Morgan fingerprint density at radius 1 is 1.25 bits per heavy atom. The van der Waals surface area contributed by atoms with Crippen LogP contribution in [0.1, 0.15) is 16.5 Å². The molecule has 0 fully saturated rings. The standard InChI is InChI=1S/C12H13BrN2S/c13-10-6-7-16-12(10)8-11(15-14)9-4-2-1-3-5-9/h1-7,11,15H,8,14H2. The smallest absolute Gasteiger partial charge is 0.0508 e. The SMILES string of the molecule is NNC(Cc1sccc1Br)c1ccccc1. The van der Waals surface area contributed by atoms with Crippen molar-refractivity contribution in [3.05, 3.63) is 56.7 Å². The normalized spacial score (nSPS) is 12.6. The first-order chi connectivity index (χ1) is 7.81. The Labute approximate surface area is 108 Å². The van der Waals surface area contributed by atoms with Gasteiger partial charge in [0.15, 0.2) is 0 Å². The Morgan fingerprint density at radius 2 is 2.00 bits per heavy atom. The lowest BCUT2D eigenvalue weighted by Gasteiger charge is -2.15. The van der Waals surface area contributed by atoms with Crippen molar-refractivity contribution in [3.63, 3.8) is 0 Å². The number of hydrazine groups is 1. The lowest BCUT2D eigenvalue weighted by Crippen LogP contribution is -2.29. The zero-order valence-corrected chi connectivity index (χ0v) is 11.1. The number of nitrogens with one attached hydrogen (secondary N) is 1. The van der Waals surface area contributed by atoms with Crippen molar-refractivity contribution >= 4 is 27.3 Å². The number of nitrogens with two attached hydrogens (primary N) is 1. The Bertz CT molecular complexity index is 441. The van der Waals surface area contributed by atoms with Gasteiger partial charge in [-0.15, -0.1) is 11.3 Å². The summed E-state index contributed by atoms with van der Waals surface area (Å²) in [7, 11) is 0. The fourth-order valence-corrected chi connectivity index (χ4v) is 3.18. The molecule has 1 atom stereocenters. The van der Waals surface area contributed by atoms with E-state index in [9.17, 15) is 0 Å². The van der Waals surface area contributed by atoms with Crippen LogP contribution in [0.25, 0.3) is 0 Å². The molecule has 4 heteroatoms. The van der Waals surface area contributed by atoms with E-state index in [2.05, 4.69) is 44.9 Å². The average Bonchev–Trinajstić information content (AvgIpc) is 2.73. The number of thiophene rings is 1. The van der Waals surface area contributed by atoms with Gasteiger partial charge in [-0.25, -0.2) is 0 Å². The van der Waals surface area contributed by atoms with Gasteiger partial charge >= 0.3 is 0 Å². The van der Waals surface area contributed by atoms with Crippen molar-refractivity contribution in [3.8, 4) is 0 Å². The lowest BCUT2D eigenvalue weighted by molar-refractivity contribution is 0.555. The predicted octanol–water partition coefficient (Wildman–Crippen LogP) is 3.26. The largest absolute Gasteiger partial charge is 0.271 e. The predicted molar refractivity (Wildman–Crippen MR) is 72.2 cm³/mol. The number of rotatable bonds is 4. The fourth-order valence-electron chi connectivity index (χ4n) is 1.61. The third-order valence-electron chi connectivity index (χ3n) is 2.48. The van der Waals surface area contributed by atoms with Crippen LogP contribution in [-0.2, 0) is 6.42 Å². The van der Waals surface area contributed by atoms with Gasteiger partial charge in [0.25, 0.3) is 0 Å². The first kappa shape index (κ1) is 11.8. The number of halogens is 1. The maximum atomic E-state index is 5.61. The molecular weight excluding hydrogens is 284 g/mol. The molecule has 0 aliphatic carbocycles. The van der Waals surface area contributed by atoms with E-state index in [1.54, 1.807) is 11.3 Å². The van der Waals surface area contributed by atoms with Crippen molar-refractivity contribution in [1.29, 1.82) is 0 Å². The van der Waals surface area contributed by atoms with E-state index in [1.807, 2.05) is 18.2 Å². The Hall–Kier alpha value is -0.680. The van der Waals surface area contributed by atoms with Gasteiger partial charge in [0.1, 0.15) is 0 Å². The van der Waals surface area contributed by atoms with Crippen molar-refractivity contribution in [2.45, 2.75) is 12.5 Å². The van der Waals surface area contributed by atoms with Crippen LogP contribution in [0.3, 0.4) is 0 Å². The molecule has 0 amide bonds. The summed E-state index contributed by atoms with van der Waals surface area (Å²) in [6, 6.07) is 12.5. The summed E-state index contributed by atoms with van der Waals surface area (Å²) in [5.41, 5.74) is 4.08. The molecule has 0 spiro atoms. The minimum Gasteiger partial charge on any atom is -0.271 e. The third-order valence-corrected chi connectivity index (χ3v) is 4.43. The Morgan fingerprint density at radius 3 is 2.56 bits per heavy atom. The van der Waals surface area contributed by atoms with Crippen LogP contribution >= 0.6 is 27.3 Å². The van der Waals surface area contributed by atoms with Gasteiger partial charge in [0.2, 0.25) is 0 Å². The summed E-state index contributed by atoms with van der Waals surface area (Å²) < 4.78 is 1.16. The van der Waals surface area contributed by atoms with Gasteiger partial charge in [0, 0.05) is 15.8 Å². The van der Waals surface area contributed by atoms with Gasteiger partial charge < -0.3 is 0 Å². The molecule has 3 N–H and O–H groups in total. The van der Waals surface area contributed by atoms with Crippen LogP contribution in [-0.4, -0.2) is 0 Å². The maximum absolute atomic E-state index is 5.61. The number of hydrogen-bond donors (Lipinski definition) is 2. The van der Waals surface area contributed by atoms with Crippen molar-refractivity contribution in [2.24, 2.45) is 5.84 Å². The van der Waals surface area contributed by atoms with Crippen molar-refractivity contribution in [2.75, 3.05) is 0 Å². The highest BCUT2D eigenvalue weighted by atomic mass is 79.9. The molecule has 1 aromatic heterocycles. The summed E-state index contributed by atoms with van der Waals surface area (Å²) >= 11 is 5.28. The maximum Gasteiger partial charge on any atom is 0.0508 e. The monoisotopic (exact) mass is 296 g/mol.